The molecule has 0 aliphatic rings. The molecular formula is C8H7BrClN5S2. The summed E-state index contributed by atoms with van der Waals surface area (Å²) in [7, 11) is 3.85. The zero-order chi connectivity index (χ0) is 12.4. The Bertz CT molecular complexity index is 532. The molecule has 0 aliphatic carbocycles. The van der Waals surface area contributed by atoms with Crippen molar-refractivity contribution in [3.05, 3.63) is 16.0 Å². The van der Waals surface area contributed by atoms with Crippen LogP contribution in [0.5, 0.6) is 0 Å². The van der Waals surface area contributed by atoms with Gasteiger partial charge in [0.05, 0.1) is 4.47 Å². The van der Waals surface area contributed by atoms with Crippen LogP contribution >= 0.6 is 50.6 Å². The summed E-state index contributed by atoms with van der Waals surface area (Å²) >= 11 is 12.0. The van der Waals surface area contributed by atoms with Crippen molar-refractivity contribution >= 4 is 55.8 Å². The van der Waals surface area contributed by atoms with Gasteiger partial charge in [0.25, 0.3) is 0 Å². The summed E-state index contributed by atoms with van der Waals surface area (Å²) in [6.07, 6.45) is 1.62. The maximum Gasteiger partial charge on any atom is 0.223 e. The number of hydrogen-bond acceptors (Lipinski definition) is 7. The van der Waals surface area contributed by atoms with E-state index in [-0.39, 0.29) is 5.28 Å². The van der Waals surface area contributed by atoms with Crippen LogP contribution in [0.15, 0.2) is 20.0 Å². The number of aromatic nitrogens is 4. The van der Waals surface area contributed by atoms with E-state index < -0.39 is 0 Å². The summed E-state index contributed by atoms with van der Waals surface area (Å²) in [6.45, 7) is 0. The van der Waals surface area contributed by atoms with Crippen LogP contribution in [-0.4, -0.2) is 34.3 Å². The summed E-state index contributed by atoms with van der Waals surface area (Å²) in [4.78, 5) is 9.89. The quantitative estimate of drug-likeness (QED) is 0.625. The van der Waals surface area contributed by atoms with Gasteiger partial charge >= 0.3 is 0 Å². The summed E-state index contributed by atoms with van der Waals surface area (Å²) < 4.78 is 1.60. The van der Waals surface area contributed by atoms with Gasteiger partial charge in [-0.05, 0) is 39.3 Å². The van der Waals surface area contributed by atoms with Gasteiger partial charge in [-0.15, -0.1) is 10.2 Å². The standard InChI is InChI=1S/C8H7BrClN5S2/c1-15(2)7-13-14-8(17-7)16-5-4(9)3-11-6(10)12-5/h3H,1-2H3. The topological polar surface area (TPSA) is 54.8 Å². The van der Waals surface area contributed by atoms with Gasteiger partial charge in [0.2, 0.25) is 10.4 Å². The minimum absolute atomic E-state index is 0.216. The molecule has 0 unspecified atom stereocenters. The van der Waals surface area contributed by atoms with Gasteiger partial charge in [0.1, 0.15) is 5.03 Å². The first-order chi connectivity index (χ1) is 8.06. The third-order valence-electron chi connectivity index (χ3n) is 1.64. The lowest BCUT2D eigenvalue weighted by molar-refractivity contribution is 0.966. The van der Waals surface area contributed by atoms with Crippen molar-refractivity contribution in [2.75, 3.05) is 19.0 Å². The van der Waals surface area contributed by atoms with Crippen molar-refractivity contribution < 1.29 is 0 Å². The Labute approximate surface area is 120 Å². The first kappa shape index (κ1) is 13.0. The van der Waals surface area contributed by atoms with Crippen LogP contribution in [0.25, 0.3) is 0 Å². The first-order valence-corrected chi connectivity index (χ1v) is 7.23. The van der Waals surface area contributed by atoms with Crippen LogP contribution < -0.4 is 4.90 Å². The Morgan fingerprint density at radius 2 is 2.18 bits per heavy atom. The molecule has 17 heavy (non-hydrogen) atoms. The van der Waals surface area contributed by atoms with Crippen molar-refractivity contribution in [3.8, 4) is 0 Å². The van der Waals surface area contributed by atoms with Gasteiger partial charge in [-0.1, -0.05) is 11.3 Å². The maximum atomic E-state index is 5.74. The molecule has 0 aliphatic heterocycles. The Kier molecular flexibility index (Phi) is 4.18. The minimum atomic E-state index is 0.216. The van der Waals surface area contributed by atoms with Crippen molar-refractivity contribution in [3.63, 3.8) is 0 Å². The van der Waals surface area contributed by atoms with Crippen LogP contribution in [-0.2, 0) is 0 Å². The van der Waals surface area contributed by atoms with Gasteiger partial charge in [0.15, 0.2) is 4.34 Å². The third-order valence-corrected chi connectivity index (χ3v) is 4.82. The van der Waals surface area contributed by atoms with E-state index in [4.69, 9.17) is 11.6 Å². The SMILES string of the molecule is CN(C)c1nnc(Sc2nc(Cl)ncc2Br)s1. The summed E-state index contributed by atoms with van der Waals surface area (Å²) in [5, 5.41) is 9.91. The average Bonchev–Trinajstić information content (AvgIpc) is 2.72. The van der Waals surface area contributed by atoms with Gasteiger partial charge < -0.3 is 4.90 Å². The van der Waals surface area contributed by atoms with E-state index in [0.29, 0.717) is 0 Å². The van der Waals surface area contributed by atoms with Crippen LogP contribution in [0.1, 0.15) is 0 Å². The van der Waals surface area contributed by atoms with E-state index in [2.05, 4.69) is 36.1 Å². The fourth-order valence-corrected chi connectivity index (χ4v) is 3.19. The summed E-state index contributed by atoms with van der Waals surface area (Å²) in [5.74, 6) is 0. The first-order valence-electron chi connectivity index (χ1n) is 4.43. The molecule has 0 fully saturated rings. The van der Waals surface area contributed by atoms with E-state index >= 15 is 0 Å². The number of halogens is 2. The van der Waals surface area contributed by atoms with E-state index in [1.165, 1.54) is 23.1 Å². The molecule has 9 heteroatoms. The highest BCUT2D eigenvalue weighted by Crippen LogP contribution is 2.35. The summed E-state index contributed by atoms with van der Waals surface area (Å²) in [5.41, 5.74) is 0. The van der Waals surface area contributed by atoms with E-state index in [1.54, 1.807) is 6.20 Å². The molecule has 5 nitrogen and oxygen atoms in total. The van der Waals surface area contributed by atoms with Crippen LogP contribution in [0, 0.1) is 0 Å². The lowest BCUT2D eigenvalue weighted by Crippen LogP contribution is -2.07. The van der Waals surface area contributed by atoms with Gasteiger partial charge in [-0.2, -0.15) is 0 Å². The van der Waals surface area contributed by atoms with E-state index in [1.807, 2.05) is 19.0 Å². The maximum absolute atomic E-state index is 5.74. The summed E-state index contributed by atoms with van der Waals surface area (Å²) in [6, 6.07) is 0. The van der Waals surface area contributed by atoms with Crippen molar-refractivity contribution in [1.29, 1.82) is 0 Å². The zero-order valence-corrected chi connectivity index (χ0v) is 12.9. The lowest BCUT2D eigenvalue weighted by atomic mass is 10.7. The van der Waals surface area contributed by atoms with Crippen LogP contribution in [0.3, 0.4) is 0 Å². The number of rotatable bonds is 3. The van der Waals surface area contributed by atoms with Crippen molar-refractivity contribution in [1.82, 2.24) is 20.2 Å². The van der Waals surface area contributed by atoms with E-state index in [9.17, 15) is 0 Å². The largest absolute Gasteiger partial charge is 0.353 e. The average molecular weight is 353 g/mol. The Morgan fingerprint density at radius 1 is 1.41 bits per heavy atom. The lowest BCUT2D eigenvalue weighted by Gasteiger charge is -2.03. The highest BCUT2D eigenvalue weighted by molar-refractivity contribution is 9.10. The van der Waals surface area contributed by atoms with Crippen molar-refractivity contribution in [2.45, 2.75) is 9.37 Å². The molecule has 0 saturated heterocycles. The Morgan fingerprint density at radius 3 is 2.82 bits per heavy atom. The van der Waals surface area contributed by atoms with Crippen LogP contribution in [0.2, 0.25) is 5.28 Å². The third kappa shape index (κ3) is 3.27. The predicted octanol–water partition coefficient (Wildman–Crippen LogP) is 2.96. The molecule has 0 N–H and O–H groups in total. The monoisotopic (exact) mass is 351 g/mol. The molecule has 0 radical (unpaired) electrons. The molecule has 0 bridgehead atoms. The molecular weight excluding hydrogens is 346 g/mol. The number of anilines is 1. The molecule has 0 spiro atoms. The van der Waals surface area contributed by atoms with E-state index in [0.717, 1.165) is 19.0 Å². The highest BCUT2D eigenvalue weighted by Gasteiger charge is 2.11. The van der Waals surface area contributed by atoms with Gasteiger partial charge in [-0.25, -0.2) is 9.97 Å². The molecule has 2 rings (SSSR count). The zero-order valence-electron chi connectivity index (χ0n) is 8.89. The molecule has 0 aromatic carbocycles. The minimum Gasteiger partial charge on any atom is -0.353 e. The molecule has 2 aromatic heterocycles. The second kappa shape index (κ2) is 5.47. The molecule has 0 saturated carbocycles. The fraction of sp³-hybridized carbons (Fsp3) is 0.250. The smallest absolute Gasteiger partial charge is 0.223 e. The van der Waals surface area contributed by atoms with Crippen LogP contribution in [0.4, 0.5) is 5.13 Å². The van der Waals surface area contributed by atoms with Gasteiger partial charge in [-0.3, -0.25) is 0 Å². The second-order valence-corrected chi connectivity index (χ2v) is 6.52. The normalized spacial score (nSPS) is 10.6. The molecule has 2 aromatic rings. The van der Waals surface area contributed by atoms with Gasteiger partial charge in [0, 0.05) is 20.3 Å². The molecule has 0 amide bonds. The Hall–Kier alpha value is -0.440. The predicted molar refractivity (Wildman–Crippen MR) is 73.1 cm³/mol. The highest BCUT2D eigenvalue weighted by atomic mass is 79.9. The molecule has 90 valence electrons. The second-order valence-electron chi connectivity index (χ2n) is 3.14. The number of hydrogen-bond donors (Lipinski definition) is 0. The molecule has 0 atom stereocenters. The van der Waals surface area contributed by atoms with Crippen molar-refractivity contribution in [2.24, 2.45) is 0 Å². The Balaban J connectivity index is 2.22. The molecule has 2 heterocycles. The number of nitrogens with zero attached hydrogens (tertiary/aromatic N) is 5. The fourth-order valence-electron chi connectivity index (χ4n) is 0.910.